The van der Waals surface area contributed by atoms with E-state index in [-0.39, 0.29) is 5.69 Å². The number of carbonyl (C=O) groups is 1. The van der Waals surface area contributed by atoms with Gasteiger partial charge in [0.1, 0.15) is 5.82 Å². The predicted molar refractivity (Wildman–Crippen MR) is 111 cm³/mol. The van der Waals surface area contributed by atoms with Gasteiger partial charge in [0, 0.05) is 5.56 Å². The molecule has 158 valence electrons. The van der Waals surface area contributed by atoms with Crippen LogP contribution < -0.4 is 19.9 Å². The van der Waals surface area contributed by atoms with Crippen molar-refractivity contribution in [2.75, 3.05) is 21.3 Å². The zero-order valence-electron chi connectivity index (χ0n) is 16.9. The Morgan fingerprint density at radius 3 is 2.27 bits per heavy atom. The second-order valence-electron chi connectivity index (χ2n) is 6.17. The monoisotopic (exact) mass is 432 g/mol. The fraction of sp³-hybridized carbons (Fsp3) is 0.250. The number of nitrogens with two attached hydrogens (primary N) is 1. The van der Waals surface area contributed by atoms with Gasteiger partial charge in [-0.3, -0.25) is 9.36 Å². The maximum absolute atomic E-state index is 14.7. The molecule has 1 unspecified atom stereocenters. The lowest BCUT2D eigenvalue weighted by Gasteiger charge is -2.16. The Balaban J connectivity index is 2.25. The van der Waals surface area contributed by atoms with Crippen LogP contribution in [0, 0.1) is 5.82 Å². The Morgan fingerprint density at radius 2 is 1.73 bits per heavy atom. The number of nitrogens with zero attached hydrogens (tertiary/aromatic N) is 3. The summed E-state index contributed by atoms with van der Waals surface area (Å²) in [6.45, 7) is 1.65. The molecule has 0 bridgehead atoms. The Morgan fingerprint density at radius 1 is 1.10 bits per heavy atom. The van der Waals surface area contributed by atoms with Crippen LogP contribution in [0.4, 0.5) is 4.39 Å². The third kappa shape index (κ3) is 4.04. The summed E-state index contributed by atoms with van der Waals surface area (Å²) < 4.78 is 32.4. The third-order valence-corrected chi connectivity index (χ3v) is 5.39. The van der Waals surface area contributed by atoms with E-state index >= 15 is 0 Å². The first-order valence-electron chi connectivity index (χ1n) is 8.87. The number of primary amides is 1. The highest BCUT2D eigenvalue weighted by Gasteiger charge is 2.24. The SMILES string of the molecule is COc1cc(-c2nnc(SC(C)C(N)=O)n2-c2ccccc2F)cc(OC)c1OC. The van der Waals surface area contributed by atoms with E-state index in [4.69, 9.17) is 19.9 Å². The molecule has 3 rings (SSSR count). The summed E-state index contributed by atoms with van der Waals surface area (Å²) in [5.41, 5.74) is 6.17. The molecule has 1 amide bonds. The number of thioether (sulfide) groups is 1. The zero-order chi connectivity index (χ0) is 21.8. The number of benzene rings is 2. The van der Waals surface area contributed by atoms with Crippen molar-refractivity contribution in [2.45, 2.75) is 17.3 Å². The molecule has 0 aliphatic heterocycles. The summed E-state index contributed by atoms with van der Waals surface area (Å²) in [5.74, 6) is 0.581. The second-order valence-corrected chi connectivity index (χ2v) is 7.48. The van der Waals surface area contributed by atoms with Crippen LogP contribution in [0.15, 0.2) is 41.6 Å². The number of para-hydroxylation sites is 1. The molecule has 0 spiro atoms. The van der Waals surface area contributed by atoms with Crippen molar-refractivity contribution in [3.63, 3.8) is 0 Å². The zero-order valence-corrected chi connectivity index (χ0v) is 17.7. The molecule has 0 saturated heterocycles. The van der Waals surface area contributed by atoms with Crippen molar-refractivity contribution >= 4 is 17.7 Å². The molecule has 10 heteroatoms. The van der Waals surface area contributed by atoms with Gasteiger partial charge >= 0.3 is 0 Å². The average molecular weight is 432 g/mol. The van der Waals surface area contributed by atoms with Crippen LogP contribution in [-0.2, 0) is 4.79 Å². The Bertz CT molecular complexity index is 1050. The van der Waals surface area contributed by atoms with E-state index in [1.807, 2.05) is 0 Å². The number of halogens is 1. The fourth-order valence-electron chi connectivity index (χ4n) is 2.81. The molecule has 1 aromatic heterocycles. The highest BCUT2D eigenvalue weighted by atomic mass is 32.2. The van der Waals surface area contributed by atoms with E-state index in [0.717, 1.165) is 11.8 Å². The summed E-state index contributed by atoms with van der Waals surface area (Å²) in [5, 5.41) is 8.14. The predicted octanol–water partition coefficient (Wildman–Crippen LogP) is 3.07. The number of methoxy groups -OCH3 is 3. The summed E-state index contributed by atoms with van der Waals surface area (Å²) in [6, 6.07) is 9.59. The van der Waals surface area contributed by atoms with Crippen molar-refractivity contribution in [3.8, 4) is 34.3 Å². The smallest absolute Gasteiger partial charge is 0.230 e. The number of carbonyl (C=O) groups excluding carboxylic acids is 1. The second kappa shape index (κ2) is 9.04. The van der Waals surface area contributed by atoms with E-state index in [2.05, 4.69) is 10.2 Å². The quantitative estimate of drug-likeness (QED) is 0.546. The largest absolute Gasteiger partial charge is 0.493 e. The first-order valence-corrected chi connectivity index (χ1v) is 9.75. The first kappa shape index (κ1) is 21.4. The first-order chi connectivity index (χ1) is 14.4. The van der Waals surface area contributed by atoms with Crippen molar-refractivity contribution < 1.29 is 23.4 Å². The van der Waals surface area contributed by atoms with Gasteiger partial charge in [-0.1, -0.05) is 23.9 Å². The van der Waals surface area contributed by atoms with E-state index in [0.29, 0.717) is 33.8 Å². The molecule has 3 aromatic rings. The van der Waals surface area contributed by atoms with Crippen molar-refractivity contribution in [1.29, 1.82) is 0 Å². The average Bonchev–Trinajstić information content (AvgIpc) is 3.15. The van der Waals surface area contributed by atoms with E-state index < -0.39 is 17.0 Å². The standard InChI is InChI=1S/C20H21FN4O4S/c1-11(18(22)26)30-20-24-23-19(25(20)14-8-6-5-7-13(14)21)12-9-15(27-2)17(29-4)16(10-12)28-3/h5-11H,1-4H3,(H2,22,26). The minimum atomic E-state index is -0.590. The molecule has 1 heterocycles. The van der Waals surface area contributed by atoms with E-state index in [9.17, 15) is 9.18 Å². The number of rotatable bonds is 8. The minimum Gasteiger partial charge on any atom is -0.493 e. The van der Waals surface area contributed by atoms with Crippen LogP contribution in [0.25, 0.3) is 17.1 Å². The van der Waals surface area contributed by atoms with Crippen LogP contribution in [0.1, 0.15) is 6.92 Å². The van der Waals surface area contributed by atoms with Crippen LogP contribution in [0.2, 0.25) is 0 Å². The summed E-state index contributed by atoms with van der Waals surface area (Å²) in [7, 11) is 4.50. The summed E-state index contributed by atoms with van der Waals surface area (Å²) >= 11 is 1.09. The highest BCUT2D eigenvalue weighted by molar-refractivity contribution is 8.00. The summed E-state index contributed by atoms with van der Waals surface area (Å²) in [6.07, 6.45) is 0. The van der Waals surface area contributed by atoms with Gasteiger partial charge in [0.2, 0.25) is 11.7 Å². The topological polar surface area (TPSA) is 101 Å². The lowest BCUT2D eigenvalue weighted by molar-refractivity contribution is -0.117. The number of aromatic nitrogens is 3. The van der Waals surface area contributed by atoms with Crippen LogP contribution >= 0.6 is 11.8 Å². The van der Waals surface area contributed by atoms with Crippen molar-refractivity contribution in [2.24, 2.45) is 5.73 Å². The molecule has 0 aliphatic rings. The van der Waals surface area contributed by atoms with Crippen LogP contribution in [0.5, 0.6) is 17.2 Å². The van der Waals surface area contributed by atoms with Gasteiger partial charge in [-0.2, -0.15) is 0 Å². The minimum absolute atomic E-state index is 0.227. The lowest BCUT2D eigenvalue weighted by atomic mass is 10.1. The third-order valence-electron chi connectivity index (χ3n) is 4.33. The molecular weight excluding hydrogens is 411 g/mol. The molecule has 0 radical (unpaired) electrons. The molecule has 2 N–H and O–H groups in total. The molecule has 30 heavy (non-hydrogen) atoms. The molecule has 1 atom stereocenters. The molecular formula is C20H21FN4O4S. The number of ether oxygens (including phenoxy) is 3. The highest BCUT2D eigenvalue weighted by Crippen LogP contribution is 2.42. The Kier molecular flexibility index (Phi) is 6.46. The number of amides is 1. The molecule has 2 aromatic carbocycles. The normalized spacial score (nSPS) is 11.8. The molecule has 8 nitrogen and oxygen atoms in total. The Hall–Kier alpha value is -3.27. The van der Waals surface area contributed by atoms with Gasteiger partial charge in [0.25, 0.3) is 0 Å². The number of hydrogen-bond donors (Lipinski definition) is 1. The van der Waals surface area contributed by atoms with E-state index in [1.165, 1.54) is 32.0 Å². The molecule has 0 aliphatic carbocycles. The number of hydrogen-bond acceptors (Lipinski definition) is 7. The Labute approximate surface area is 177 Å². The van der Waals surface area contributed by atoms with Gasteiger partial charge in [0.05, 0.1) is 32.3 Å². The van der Waals surface area contributed by atoms with Crippen molar-refractivity contribution in [1.82, 2.24) is 14.8 Å². The molecule has 0 saturated carbocycles. The van der Waals surface area contributed by atoms with Gasteiger partial charge in [-0.05, 0) is 31.2 Å². The summed E-state index contributed by atoms with van der Waals surface area (Å²) in [4.78, 5) is 11.6. The van der Waals surface area contributed by atoms with Gasteiger partial charge in [-0.25, -0.2) is 4.39 Å². The maximum Gasteiger partial charge on any atom is 0.230 e. The van der Waals surface area contributed by atoms with Gasteiger partial charge in [-0.15, -0.1) is 10.2 Å². The molecule has 0 fully saturated rings. The van der Waals surface area contributed by atoms with Crippen LogP contribution in [-0.4, -0.2) is 47.3 Å². The van der Waals surface area contributed by atoms with Crippen molar-refractivity contribution in [3.05, 3.63) is 42.2 Å². The van der Waals surface area contributed by atoms with Crippen LogP contribution in [0.3, 0.4) is 0 Å². The van der Waals surface area contributed by atoms with Gasteiger partial charge in [0.15, 0.2) is 22.5 Å². The van der Waals surface area contributed by atoms with Gasteiger partial charge < -0.3 is 19.9 Å². The fourth-order valence-corrected chi connectivity index (χ4v) is 3.62. The lowest BCUT2D eigenvalue weighted by Crippen LogP contribution is -2.23. The van der Waals surface area contributed by atoms with E-state index in [1.54, 1.807) is 37.3 Å². The maximum atomic E-state index is 14.7.